The average Bonchev–Trinajstić information content (AvgIpc) is 3.24. The fourth-order valence-corrected chi connectivity index (χ4v) is 4.11. The lowest BCUT2D eigenvalue weighted by atomic mass is 9.95. The SMILES string of the molecule is O=C(Nc1cccc(-c2cscn2)c1)C1CCN(Cc2ccccc2)CC1. The first-order valence-electron chi connectivity index (χ1n) is 9.34. The van der Waals surface area contributed by atoms with Crippen LogP contribution in [0.1, 0.15) is 18.4 Å². The minimum Gasteiger partial charge on any atom is -0.326 e. The van der Waals surface area contributed by atoms with Gasteiger partial charge in [-0.05, 0) is 43.6 Å². The number of carbonyl (C=O) groups is 1. The van der Waals surface area contributed by atoms with Crippen molar-refractivity contribution in [2.45, 2.75) is 19.4 Å². The summed E-state index contributed by atoms with van der Waals surface area (Å²) in [6.45, 7) is 2.89. The van der Waals surface area contributed by atoms with Crippen molar-refractivity contribution in [3.05, 3.63) is 71.1 Å². The molecule has 1 aliphatic rings. The second-order valence-corrected chi connectivity index (χ2v) is 7.70. The molecule has 0 unspecified atom stereocenters. The van der Waals surface area contributed by atoms with E-state index in [1.54, 1.807) is 11.3 Å². The normalized spacial score (nSPS) is 15.6. The lowest BCUT2D eigenvalue weighted by Gasteiger charge is -2.31. The highest BCUT2D eigenvalue weighted by molar-refractivity contribution is 7.07. The van der Waals surface area contributed by atoms with Crippen LogP contribution in [0.15, 0.2) is 65.5 Å². The molecule has 1 saturated heterocycles. The van der Waals surface area contributed by atoms with Crippen LogP contribution in [0.5, 0.6) is 0 Å². The van der Waals surface area contributed by atoms with Gasteiger partial charge in [-0.2, -0.15) is 0 Å². The summed E-state index contributed by atoms with van der Waals surface area (Å²) in [5.41, 5.74) is 5.98. The first-order chi connectivity index (χ1) is 13.3. The summed E-state index contributed by atoms with van der Waals surface area (Å²) < 4.78 is 0. The van der Waals surface area contributed by atoms with Crippen LogP contribution in [0.3, 0.4) is 0 Å². The number of piperidine rings is 1. The zero-order valence-corrected chi connectivity index (χ0v) is 16.0. The maximum Gasteiger partial charge on any atom is 0.227 e. The fourth-order valence-electron chi connectivity index (χ4n) is 3.55. The van der Waals surface area contributed by atoms with E-state index >= 15 is 0 Å². The Morgan fingerprint density at radius 1 is 1.11 bits per heavy atom. The van der Waals surface area contributed by atoms with Gasteiger partial charge in [-0.1, -0.05) is 42.5 Å². The zero-order chi connectivity index (χ0) is 18.5. The Bertz CT molecular complexity index is 872. The first kappa shape index (κ1) is 17.9. The second kappa shape index (κ2) is 8.46. The van der Waals surface area contributed by atoms with Gasteiger partial charge >= 0.3 is 0 Å². The lowest BCUT2D eigenvalue weighted by molar-refractivity contribution is -0.121. The van der Waals surface area contributed by atoms with Gasteiger partial charge in [-0.3, -0.25) is 9.69 Å². The Morgan fingerprint density at radius 3 is 2.67 bits per heavy atom. The number of rotatable bonds is 5. The molecule has 1 fully saturated rings. The van der Waals surface area contributed by atoms with Crippen molar-refractivity contribution in [3.63, 3.8) is 0 Å². The third-order valence-electron chi connectivity index (χ3n) is 5.07. The van der Waals surface area contributed by atoms with Crippen molar-refractivity contribution in [3.8, 4) is 11.3 Å². The standard InChI is InChI=1S/C22H23N3OS/c26-22(24-20-8-4-7-19(13-20)21-15-27-16-23-21)18-9-11-25(12-10-18)14-17-5-2-1-3-6-17/h1-8,13,15-16,18H,9-12,14H2,(H,24,26). The Labute approximate surface area is 163 Å². The molecule has 5 heteroatoms. The Kier molecular flexibility index (Phi) is 5.61. The van der Waals surface area contributed by atoms with Crippen molar-refractivity contribution in [1.82, 2.24) is 9.88 Å². The molecule has 0 atom stereocenters. The number of aromatic nitrogens is 1. The van der Waals surface area contributed by atoms with Gasteiger partial charge in [0, 0.05) is 29.1 Å². The number of amides is 1. The number of likely N-dealkylation sites (tertiary alicyclic amines) is 1. The van der Waals surface area contributed by atoms with Crippen molar-refractivity contribution in [2.75, 3.05) is 18.4 Å². The van der Waals surface area contributed by atoms with E-state index in [-0.39, 0.29) is 11.8 Å². The van der Waals surface area contributed by atoms with Gasteiger partial charge in [0.05, 0.1) is 11.2 Å². The Hall–Kier alpha value is -2.50. The highest BCUT2D eigenvalue weighted by Gasteiger charge is 2.25. The molecule has 2 heterocycles. The van der Waals surface area contributed by atoms with E-state index in [1.165, 1.54) is 5.56 Å². The van der Waals surface area contributed by atoms with E-state index in [2.05, 4.69) is 39.5 Å². The Morgan fingerprint density at radius 2 is 1.93 bits per heavy atom. The molecule has 0 spiro atoms. The molecule has 1 aromatic heterocycles. The summed E-state index contributed by atoms with van der Waals surface area (Å²) in [4.78, 5) is 19.5. The molecule has 1 aliphatic heterocycles. The highest BCUT2D eigenvalue weighted by atomic mass is 32.1. The molecule has 1 amide bonds. The molecule has 2 aromatic carbocycles. The molecule has 0 radical (unpaired) electrons. The number of nitrogens with zero attached hydrogens (tertiary/aromatic N) is 2. The number of nitrogens with one attached hydrogen (secondary N) is 1. The van der Waals surface area contributed by atoms with E-state index in [9.17, 15) is 4.79 Å². The summed E-state index contributed by atoms with van der Waals surface area (Å²) in [5, 5.41) is 5.11. The van der Waals surface area contributed by atoms with Gasteiger partial charge in [-0.25, -0.2) is 4.98 Å². The van der Waals surface area contributed by atoms with E-state index in [0.29, 0.717) is 0 Å². The topological polar surface area (TPSA) is 45.2 Å². The van der Waals surface area contributed by atoms with Crippen LogP contribution in [0, 0.1) is 5.92 Å². The molecule has 138 valence electrons. The van der Waals surface area contributed by atoms with E-state index in [1.807, 2.05) is 41.2 Å². The maximum atomic E-state index is 12.7. The highest BCUT2D eigenvalue weighted by Crippen LogP contribution is 2.24. The number of benzene rings is 2. The van der Waals surface area contributed by atoms with Crippen LogP contribution in [0.4, 0.5) is 5.69 Å². The van der Waals surface area contributed by atoms with Gasteiger partial charge in [0.25, 0.3) is 0 Å². The van der Waals surface area contributed by atoms with E-state index < -0.39 is 0 Å². The Balaban J connectivity index is 1.31. The van der Waals surface area contributed by atoms with Crippen LogP contribution in [-0.4, -0.2) is 28.9 Å². The fraction of sp³-hybridized carbons (Fsp3) is 0.273. The molecule has 0 aliphatic carbocycles. The molecular weight excluding hydrogens is 354 g/mol. The number of carbonyl (C=O) groups excluding carboxylic acids is 1. The van der Waals surface area contributed by atoms with Crippen LogP contribution in [0.25, 0.3) is 11.3 Å². The third-order valence-corrected chi connectivity index (χ3v) is 5.65. The monoisotopic (exact) mass is 377 g/mol. The second-order valence-electron chi connectivity index (χ2n) is 6.98. The van der Waals surface area contributed by atoms with Gasteiger partial charge in [-0.15, -0.1) is 11.3 Å². The predicted molar refractivity (Wildman–Crippen MR) is 111 cm³/mol. The van der Waals surface area contributed by atoms with Gasteiger partial charge in [0.2, 0.25) is 5.91 Å². The zero-order valence-electron chi connectivity index (χ0n) is 15.2. The summed E-state index contributed by atoms with van der Waals surface area (Å²) in [6, 6.07) is 18.5. The van der Waals surface area contributed by atoms with Crippen molar-refractivity contribution in [2.24, 2.45) is 5.92 Å². The lowest BCUT2D eigenvalue weighted by Crippen LogP contribution is -2.37. The first-order valence-corrected chi connectivity index (χ1v) is 10.3. The van der Waals surface area contributed by atoms with Gasteiger partial charge in [0.15, 0.2) is 0 Å². The molecule has 1 N–H and O–H groups in total. The smallest absolute Gasteiger partial charge is 0.227 e. The summed E-state index contributed by atoms with van der Waals surface area (Å²) in [5.74, 6) is 0.213. The molecule has 0 bridgehead atoms. The van der Waals surface area contributed by atoms with E-state index in [0.717, 1.165) is 49.4 Å². The van der Waals surface area contributed by atoms with Gasteiger partial charge < -0.3 is 5.32 Å². The van der Waals surface area contributed by atoms with Crippen molar-refractivity contribution >= 4 is 22.9 Å². The molecular formula is C22H23N3OS. The van der Waals surface area contributed by atoms with E-state index in [4.69, 9.17) is 0 Å². The minimum atomic E-state index is 0.0833. The predicted octanol–water partition coefficient (Wildman–Crippen LogP) is 4.66. The molecule has 4 rings (SSSR count). The molecule has 0 saturated carbocycles. The van der Waals surface area contributed by atoms with Crippen LogP contribution >= 0.6 is 11.3 Å². The number of anilines is 1. The summed E-state index contributed by atoms with van der Waals surface area (Å²) >= 11 is 1.57. The number of thiazole rings is 1. The third kappa shape index (κ3) is 4.62. The minimum absolute atomic E-state index is 0.0833. The molecule has 3 aromatic rings. The number of hydrogen-bond acceptors (Lipinski definition) is 4. The van der Waals surface area contributed by atoms with Crippen molar-refractivity contribution in [1.29, 1.82) is 0 Å². The average molecular weight is 378 g/mol. The number of hydrogen-bond donors (Lipinski definition) is 1. The van der Waals surface area contributed by atoms with Crippen molar-refractivity contribution < 1.29 is 4.79 Å². The molecule has 27 heavy (non-hydrogen) atoms. The molecule has 4 nitrogen and oxygen atoms in total. The largest absolute Gasteiger partial charge is 0.326 e. The summed E-state index contributed by atoms with van der Waals surface area (Å²) in [7, 11) is 0. The van der Waals surface area contributed by atoms with Crippen LogP contribution in [-0.2, 0) is 11.3 Å². The van der Waals surface area contributed by atoms with Gasteiger partial charge in [0.1, 0.15) is 0 Å². The quantitative estimate of drug-likeness (QED) is 0.703. The van der Waals surface area contributed by atoms with Crippen LogP contribution in [0.2, 0.25) is 0 Å². The summed E-state index contributed by atoms with van der Waals surface area (Å²) in [6.07, 6.45) is 1.81. The van der Waals surface area contributed by atoms with Crippen LogP contribution < -0.4 is 5.32 Å². The maximum absolute atomic E-state index is 12.7.